The van der Waals surface area contributed by atoms with Crippen molar-refractivity contribution >= 4 is 0 Å². The Bertz CT molecular complexity index is 666. The van der Waals surface area contributed by atoms with Gasteiger partial charge in [0.15, 0.2) is 6.29 Å². The van der Waals surface area contributed by atoms with E-state index in [9.17, 15) is 0 Å². The van der Waals surface area contributed by atoms with Crippen LogP contribution in [0.4, 0.5) is 0 Å². The Morgan fingerprint density at radius 2 is 1.77 bits per heavy atom. The molecule has 0 amide bonds. The Balaban J connectivity index is 1.59. The summed E-state index contributed by atoms with van der Waals surface area (Å²) in [6, 6.07) is 10.0. The van der Waals surface area contributed by atoms with E-state index in [1.807, 2.05) is 30.3 Å². The van der Waals surface area contributed by atoms with Crippen LogP contribution in [0.15, 0.2) is 36.5 Å². The molecule has 0 aliphatic carbocycles. The molecule has 0 N–H and O–H groups in total. The van der Waals surface area contributed by atoms with E-state index in [1.54, 1.807) is 32.2 Å². The highest BCUT2D eigenvalue weighted by Crippen LogP contribution is 2.27. The lowest BCUT2D eigenvalue weighted by atomic mass is 10.1. The predicted octanol–water partition coefficient (Wildman–Crippen LogP) is 1.40. The average Bonchev–Trinajstić information content (AvgIpc) is 3.26. The molecular weight excluding hydrogens is 338 g/mol. The van der Waals surface area contributed by atoms with Crippen molar-refractivity contribution < 1.29 is 23.7 Å². The van der Waals surface area contributed by atoms with E-state index in [1.165, 1.54) is 0 Å². The molecule has 142 valence electrons. The van der Waals surface area contributed by atoms with Gasteiger partial charge in [-0.15, -0.1) is 5.10 Å². The van der Waals surface area contributed by atoms with Crippen molar-refractivity contribution in [2.75, 3.05) is 21.3 Å². The number of ether oxygens (including phenoxy) is 5. The molecule has 3 rings (SSSR count). The molecule has 1 saturated heterocycles. The molecule has 2 aromatic rings. The minimum Gasteiger partial charge on any atom is -0.376 e. The van der Waals surface area contributed by atoms with Gasteiger partial charge in [0.1, 0.15) is 18.3 Å². The molecule has 4 unspecified atom stereocenters. The van der Waals surface area contributed by atoms with E-state index >= 15 is 0 Å². The van der Waals surface area contributed by atoms with Gasteiger partial charge in [-0.1, -0.05) is 35.5 Å². The van der Waals surface area contributed by atoms with Crippen LogP contribution in [0.2, 0.25) is 0 Å². The van der Waals surface area contributed by atoms with E-state index in [4.69, 9.17) is 23.7 Å². The van der Waals surface area contributed by atoms with Gasteiger partial charge >= 0.3 is 0 Å². The summed E-state index contributed by atoms with van der Waals surface area (Å²) in [6.07, 6.45) is 0.410. The third kappa shape index (κ3) is 4.28. The fourth-order valence-electron chi connectivity index (χ4n) is 3.12. The number of benzene rings is 1. The summed E-state index contributed by atoms with van der Waals surface area (Å²) < 4.78 is 29.8. The first-order valence-corrected chi connectivity index (χ1v) is 8.49. The van der Waals surface area contributed by atoms with Gasteiger partial charge in [0.2, 0.25) is 0 Å². The van der Waals surface area contributed by atoms with Crippen molar-refractivity contribution in [1.29, 1.82) is 0 Å². The third-order valence-corrected chi connectivity index (χ3v) is 4.46. The molecule has 4 atom stereocenters. The first-order valence-electron chi connectivity index (χ1n) is 8.49. The Morgan fingerprint density at radius 1 is 1.00 bits per heavy atom. The van der Waals surface area contributed by atoms with Crippen LogP contribution in [0.5, 0.6) is 0 Å². The quantitative estimate of drug-likeness (QED) is 0.666. The second-order valence-electron chi connectivity index (χ2n) is 6.07. The van der Waals surface area contributed by atoms with Gasteiger partial charge in [-0.25, -0.2) is 4.68 Å². The standard InChI is InChI=1S/C18H25N3O5/c1-22-16-15(26-18(24-3)17(16)23-2)10-21-14(9-19-20-21)12-25-11-13-7-5-4-6-8-13/h4-9,15-18H,10-12H2,1-3H3. The van der Waals surface area contributed by atoms with Crippen molar-refractivity contribution in [2.24, 2.45) is 0 Å². The zero-order valence-corrected chi connectivity index (χ0v) is 15.3. The smallest absolute Gasteiger partial charge is 0.186 e. The minimum absolute atomic E-state index is 0.257. The van der Waals surface area contributed by atoms with Gasteiger partial charge in [0.05, 0.1) is 31.6 Å². The number of hydrogen-bond acceptors (Lipinski definition) is 7. The predicted molar refractivity (Wildman–Crippen MR) is 92.2 cm³/mol. The minimum atomic E-state index is -0.476. The van der Waals surface area contributed by atoms with Crippen LogP contribution in [0.25, 0.3) is 0 Å². The van der Waals surface area contributed by atoms with E-state index < -0.39 is 6.29 Å². The van der Waals surface area contributed by atoms with Crippen molar-refractivity contribution in [2.45, 2.75) is 44.4 Å². The van der Waals surface area contributed by atoms with Gasteiger partial charge in [-0.3, -0.25) is 0 Å². The molecule has 0 saturated carbocycles. The molecule has 1 fully saturated rings. The fraction of sp³-hybridized carbons (Fsp3) is 0.556. The van der Waals surface area contributed by atoms with Gasteiger partial charge in [0, 0.05) is 21.3 Å². The van der Waals surface area contributed by atoms with Crippen molar-refractivity contribution in [3.05, 3.63) is 47.8 Å². The third-order valence-electron chi connectivity index (χ3n) is 4.46. The van der Waals surface area contributed by atoms with Crippen LogP contribution in [0.3, 0.4) is 0 Å². The normalized spacial score (nSPS) is 25.7. The molecule has 26 heavy (non-hydrogen) atoms. The van der Waals surface area contributed by atoms with Crippen LogP contribution < -0.4 is 0 Å². The summed E-state index contributed by atoms with van der Waals surface area (Å²) in [5, 5.41) is 8.14. The topological polar surface area (TPSA) is 76.9 Å². The van der Waals surface area contributed by atoms with Crippen LogP contribution in [0.1, 0.15) is 11.3 Å². The van der Waals surface area contributed by atoms with Gasteiger partial charge in [-0.05, 0) is 5.56 Å². The van der Waals surface area contributed by atoms with Gasteiger partial charge in [0.25, 0.3) is 0 Å². The van der Waals surface area contributed by atoms with Crippen LogP contribution >= 0.6 is 0 Å². The number of methoxy groups -OCH3 is 3. The molecule has 1 aromatic carbocycles. The van der Waals surface area contributed by atoms with Gasteiger partial charge < -0.3 is 23.7 Å². The lowest BCUT2D eigenvalue weighted by Crippen LogP contribution is -2.38. The molecular formula is C18H25N3O5. The maximum atomic E-state index is 5.92. The lowest BCUT2D eigenvalue weighted by Gasteiger charge is -2.21. The Morgan fingerprint density at radius 3 is 2.46 bits per heavy atom. The van der Waals surface area contributed by atoms with E-state index in [0.717, 1.165) is 11.3 Å². The zero-order valence-electron chi connectivity index (χ0n) is 15.3. The number of nitrogens with zero attached hydrogens (tertiary/aromatic N) is 3. The molecule has 0 bridgehead atoms. The highest BCUT2D eigenvalue weighted by molar-refractivity contribution is 5.13. The summed E-state index contributed by atoms with van der Waals surface area (Å²) in [7, 11) is 4.84. The van der Waals surface area contributed by atoms with E-state index in [-0.39, 0.29) is 18.3 Å². The molecule has 8 heteroatoms. The number of rotatable bonds is 9. The zero-order chi connectivity index (χ0) is 18.4. The largest absolute Gasteiger partial charge is 0.376 e. The summed E-state index contributed by atoms with van der Waals surface area (Å²) in [6.45, 7) is 1.42. The average molecular weight is 363 g/mol. The van der Waals surface area contributed by atoms with Crippen molar-refractivity contribution in [3.63, 3.8) is 0 Å². The van der Waals surface area contributed by atoms with Crippen molar-refractivity contribution in [3.8, 4) is 0 Å². The van der Waals surface area contributed by atoms with Crippen LogP contribution in [-0.2, 0) is 43.4 Å². The fourth-order valence-corrected chi connectivity index (χ4v) is 3.12. The second-order valence-corrected chi connectivity index (χ2v) is 6.07. The lowest BCUT2D eigenvalue weighted by molar-refractivity contribution is -0.157. The Hall–Kier alpha value is -1.84. The van der Waals surface area contributed by atoms with Crippen molar-refractivity contribution in [1.82, 2.24) is 15.0 Å². The molecule has 0 spiro atoms. The summed E-state index contributed by atoms with van der Waals surface area (Å²) >= 11 is 0. The van der Waals surface area contributed by atoms with Crippen LogP contribution in [-0.4, -0.2) is 60.9 Å². The molecule has 0 radical (unpaired) electrons. The molecule has 2 heterocycles. The molecule has 1 aliphatic rings. The second kappa shape index (κ2) is 9.20. The summed E-state index contributed by atoms with van der Waals surface area (Å²) in [4.78, 5) is 0. The SMILES string of the molecule is COC1OC(Cn2nncc2COCc2ccccc2)C(OC)C1OC. The monoisotopic (exact) mass is 363 g/mol. The Kier molecular flexibility index (Phi) is 6.70. The number of hydrogen-bond donors (Lipinski definition) is 0. The van der Waals surface area contributed by atoms with E-state index in [2.05, 4.69) is 10.3 Å². The molecule has 1 aromatic heterocycles. The maximum Gasteiger partial charge on any atom is 0.186 e. The van der Waals surface area contributed by atoms with Gasteiger partial charge in [-0.2, -0.15) is 0 Å². The molecule has 8 nitrogen and oxygen atoms in total. The first-order chi connectivity index (χ1) is 12.8. The highest BCUT2D eigenvalue weighted by atomic mass is 16.7. The molecule has 1 aliphatic heterocycles. The first kappa shape index (κ1) is 18.9. The van der Waals surface area contributed by atoms with E-state index in [0.29, 0.717) is 19.8 Å². The Labute approximate surface area is 152 Å². The highest BCUT2D eigenvalue weighted by Gasteiger charge is 2.46. The maximum absolute atomic E-state index is 5.92. The summed E-state index contributed by atoms with van der Waals surface area (Å²) in [5.41, 5.74) is 1.99. The number of aromatic nitrogens is 3. The van der Waals surface area contributed by atoms with Crippen LogP contribution in [0, 0.1) is 0 Å². The summed E-state index contributed by atoms with van der Waals surface area (Å²) in [5.74, 6) is 0.